The third-order valence-corrected chi connectivity index (χ3v) is 7.70. The van der Waals surface area contributed by atoms with Gasteiger partial charge in [-0.05, 0) is 36.6 Å². The Morgan fingerprint density at radius 1 is 0.972 bits per heavy atom. The molecule has 0 unspecified atom stereocenters. The molecule has 2 spiro atoms. The van der Waals surface area contributed by atoms with E-state index in [-0.39, 0.29) is 30.8 Å². The van der Waals surface area contributed by atoms with E-state index in [1.165, 1.54) is 0 Å². The van der Waals surface area contributed by atoms with Gasteiger partial charge in [0.05, 0.1) is 19.6 Å². The van der Waals surface area contributed by atoms with Crippen LogP contribution in [0.3, 0.4) is 0 Å². The summed E-state index contributed by atoms with van der Waals surface area (Å²) in [5, 5.41) is 6.56. The van der Waals surface area contributed by atoms with Gasteiger partial charge in [0.25, 0.3) is 5.91 Å². The van der Waals surface area contributed by atoms with E-state index in [0.29, 0.717) is 18.7 Å². The molecule has 3 aliphatic rings. The second-order valence-electron chi connectivity index (χ2n) is 9.60. The lowest BCUT2D eigenvalue weighted by Gasteiger charge is -2.38. The lowest BCUT2D eigenvalue weighted by molar-refractivity contribution is -0.143. The molecule has 6 rings (SSSR count). The fourth-order valence-electron chi connectivity index (χ4n) is 6.37. The highest BCUT2D eigenvalue weighted by atomic mass is 16.5. The number of rotatable bonds is 5. The van der Waals surface area contributed by atoms with Gasteiger partial charge in [-0.15, -0.1) is 0 Å². The van der Waals surface area contributed by atoms with Crippen LogP contribution in [0.1, 0.15) is 36.5 Å². The van der Waals surface area contributed by atoms with E-state index in [1.54, 1.807) is 11.8 Å². The van der Waals surface area contributed by atoms with Crippen molar-refractivity contribution in [1.82, 2.24) is 5.32 Å². The molecule has 0 radical (unpaired) electrons. The molecule has 2 amide bonds. The normalized spacial score (nSPS) is 25.8. The summed E-state index contributed by atoms with van der Waals surface area (Å²) in [7, 11) is 0. The van der Waals surface area contributed by atoms with Crippen LogP contribution in [-0.2, 0) is 36.6 Å². The zero-order valence-corrected chi connectivity index (χ0v) is 20.0. The maximum atomic E-state index is 14.6. The van der Waals surface area contributed by atoms with Gasteiger partial charge >= 0.3 is 5.97 Å². The summed E-state index contributed by atoms with van der Waals surface area (Å²) in [4.78, 5) is 42.9. The molecule has 182 valence electrons. The average molecular weight is 482 g/mol. The minimum atomic E-state index is -1.35. The maximum absolute atomic E-state index is 14.6. The number of benzene rings is 3. The van der Waals surface area contributed by atoms with Crippen molar-refractivity contribution in [2.24, 2.45) is 0 Å². The SMILES string of the molecule is CCOC(=O)C[C@H]1C[C@]2(C(=O)Nc3ccccc32)[C@@]2(N1)C(=O)N(Cc1ccccc1)c1ccccc12. The Morgan fingerprint density at radius 3 is 2.44 bits per heavy atom. The molecule has 3 atom stereocenters. The van der Waals surface area contributed by atoms with Gasteiger partial charge in [-0.1, -0.05) is 66.7 Å². The molecular weight excluding hydrogens is 454 g/mol. The monoisotopic (exact) mass is 481 g/mol. The molecule has 2 N–H and O–H groups in total. The maximum Gasteiger partial charge on any atom is 0.307 e. The molecule has 0 aliphatic carbocycles. The highest BCUT2D eigenvalue weighted by molar-refractivity contribution is 6.18. The van der Waals surface area contributed by atoms with E-state index in [4.69, 9.17) is 4.74 Å². The van der Waals surface area contributed by atoms with Crippen molar-refractivity contribution < 1.29 is 19.1 Å². The standard InChI is InChI=1S/C29H27N3O4/c1-2-36-25(33)16-20-17-28(21-12-6-8-14-23(21)30-26(28)34)29(31-20)22-13-7-9-15-24(22)32(27(29)35)18-19-10-4-3-5-11-19/h3-15,20,31H,2,16-18H2,1H3,(H,30,34)/t20-,28-,29-/m0/s1. The fraction of sp³-hybridized carbons (Fsp3) is 0.276. The third kappa shape index (κ3) is 2.99. The van der Waals surface area contributed by atoms with Gasteiger partial charge in [-0.3, -0.25) is 19.7 Å². The van der Waals surface area contributed by atoms with Crippen LogP contribution < -0.4 is 15.5 Å². The third-order valence-electron chi connectivity index (χ3n) is 7.70. The van der Waals surface area contributed by atoms with Crippen LogP contribution in [0.5, 0.6) is 0 Å². The van der Waals surface area contributed by atoms with E-state index in [0.717, 1.165) is 22.4 Å². The first-order chi connectivity index (χ1) is 17.5. The van der Waals surface area contributed by atoms with Crippen molar-refractivity contribution in [3.8, 4) is 0 Å². The highest BCUT2D eigenvalue weighted by Gasteiger charge is 2.73. The van der Waals surface area contributed by atoms with Crippen LogP contribution in [0.4, 0.5) is 11.4 Å². The number of hydrogen-bond donors (Lipinski definition) is 2. The lowest BCUT2D eigenvalue weighted by atomic mass is 9.63. The van der Waals surface area contributed by atoms with Crippen LogP contribution in [0.25, 0.3) is 0 Å². The Kier molecular flexibility index (Phi) is 5.19. The number of anilines is 2. The predicted molar refractivity (Wildman–Crippen MR) is 135 cm³/mol. The Hall–Kier alpha value is -3.97. The van der Waals surface area contributed by atoms with Crippen LogP contribution in [0.15, 0.2) is 78.9 Å². The van der Waals surface area contributed by atoms with Gasteiger partial charge in [0.1, 0.15) is 11.0 Å². The minimum Gasteiger partial charge on any atom is -0.466 e. The van der Waals surface area contributed by atoms with Gasteiger partial charge in [0.15, 0.2) is 0 Å². The van der Waals surface area contributed by atoms with E-state index >= 15 is 0 Å². The number of carbonyl (C=O) groups excluding carboxylic acids is 3. The highest BCUT2D eigenvalue weighted by Crippen LogP contribution is 2.61. The van der Waals surface area contributed by atoms with Crippen LogP contribution in [-0.4, -0.2) is 30.4 Å². The molecule has 3 heterocycles. The number of carbonyl (C=O) groups is 3. The quantitative estimate of drug-likeness (QED) is 0.544. The molecule has 3 aromatic rings. The number of esters is 1. The summed E-state index contributed by atoms with van der Waals surface area (Å²) < 4.78 is 5.22. The number of amides is 2. The van der Waals surface area contributed by atoms with Crippen LogP contribution in [0.2, 0.25) is 0 Å². The molecule has 1 saturated heterocycles. The van der Waals surface area contributed by atoms with Gasteiger partial charge in [0, 0.05) is 23.0 Å². The Balaban J connectivity index is 1.54. The Bertz CT molecular complexity index is 1370. The number of hydrogen-bond acceptors (Lipinski definition) is 5. The number of nitrogens with zero attached hydrogens (tertiary/aromatic N) is 1. The van der Waals surface area contributed by atoms with Gasteiger partial charge in [-0.2, -0.15) is 0 Å². The van der Waals surface area contributed by atoms with Gasteiger partial charge < -0.3 is 15.0 Å². The average Bonchev–Trinajstić information content (AvgIpc) is 3.46. The molecule has 1 fully saturated rings. The molecule has 3 aliphatic heterocycles. The lowest BCUT2D eigenvalue weighted by Crippen LogP contribution is -2.61. The van der Waals surface area contributed by atoms with Gasteiger partial charge in [0.2, 0.25) is 5.91 Å². The molecular formula is C29H27N3O4. The van der Waals surface area contributed by atoms with Crippen molar-refractivity contribution in [3.63, 3.8) is 0 Å². The topological polar surface area (TPSA) is 87.7 Å². The first-order valence-corrected chi connectivity index (χ1v) is 12.3. The zero-order chi connectivity index (χ0) is 24.9. The zero-order valence-electron chi connectivity index (χ0n) is 20.0. The largest absolute Gasteiger partial charge is 0.466 e. The first kappa shape index (κ1) is 22.5. The molecule has 36 heavy (non-hydrogen) atoms. The number of fused-ring (bicyclic) bond motifs is 5. The summed E-state index contributed by atoms with van der Waals surface area (Å²) in [6.07, 6.45) is 0.370. The molecule has 7 heteroatoms. The summed E-state index contributed by atoms with van der Waals surface area (Å²) in [5.74, 6) is -0.771. The van der Waals surface area contributed by atoms with Gasteiger partial charge in [-0.25, -0.2) is 0 Å². The summed E-state index contributed by atoms with van der Waals surface area (Å²) in [6.45, 7) is 2.42. The molecule has 7 nitrogen and oxygen atoms in total. The van der Waals surface area contributed by atoms with E-state index in [9.17, 15) is 14.4 Å². The summed E-state index contributed by atoms with van der Waals surface area (Å²) in [5.41, 5.74) is 1.43. The fourth-order valence-corrected chi connectivity index (χ4v) is 6.37. The summed E-state index contributed by atoms with van der Waals surface area (Å²) >= 11 is 0. The number of para-hydroxylation sites is 2. The van der Waals surface area contributed by atoms with Crippen LogP contribution >= 0.6 is 0 Å². The predicted octanol–water partition coefficient (Wildman–Crippen LogP) is 3.63. The number of ether oxygens (including phenoxy) is 1. The van der Waals surface area contributed by atoms with E-state index in [2.05, 4.69) is 10.6 Å². The number of nitrogens with one attached hydrogen (secondary N) is 2. The summed E-state index contributed by atoms with van der Waals surface area (Å²) in [6, 6.07) is 24.6. The van der Waals surface area contributed by atoms with Crippen molar-refractivity contribution in [2.45, 2.75) is 43.3 Å². The van der Waals surface area contributed by atoms with Crippen LogP contribution in [0, 0.1) is 0 Å². The molecule has 0 aromatic heterocycles. The molecule has 0 saturated carbocycles. The minimum absolute atomic E-state index is 0.0704. The van der Waals surface area contributed by atoms with E-state index in [1.807, 2.05) is 78.9 Å². The van der Waals surface area contributed by atoms with Crippen molar-refractivity contribution in [1.29, 1.82) is 0 Å². The van der Waals surface area contributed by atoms with Crippen molar-refractivity contribution >= 4 is 29.2 Å². The molecule has 3 aromatic carbocycles. The van der Waals surface area contributed by atoms with E-state index < -0.39 is 17.0 Å². The smallest absolute Gasteiger partial charge is 0.307 e. The second kappa shape index (κ2) is 8.31. The van der Waals surface area contributed by atoms with Crippen molar-refractivity contribution in [2.75, 3.05) is 16.8 Å². The molecule has 0 bridgehead atoms. The Morgan fingerprint density at radius 2 is 1.67 bits per heavy atom. The first-order valence-electron chi connectivity index (χ1n) is 12.3. The van der Waals surface area contributed by atoms with Crippen molar-refractivity contribution in [3.05, 3.63) is 95.6 Å². The Labute approximate surface area is 209 Å². The second-order valence-corrected chi connectivity index (χ2v) is 9.60.